The van der Waals surface area contributed by atoms with Gasteiger partial charge in [-0.3, -0.25) is 4.90 Å². The molecule has 0 aliphatic carbocycles. The lowest BCUT2D eigenvalue weighted by Crippen LogP contribution is -2.28. The number of hydrogen-bond donors (Lipinski definition) is 1. The highest BCUT2D eigenvalue weighted by Crippen LogP contribution is 2.32. The third-order valence-corrected chi connectivity index (χ3v) is 3.94. The number of nitrogens with zero attached hydrogens (tertiary/aromatic N) is 1. The molecular weight excluding hydrogens is 210 g/mol. The summed E-state index contributed by atoms with van der Waals surface area (Å²) in [5.74, 6) is 0.671. The van der Waals surface area contributed by atoms with E-state index in [1.807, 2.05) is 0 Å². The Hall–Kier alpha value is -0.860. The molecule has 1 heterocycles. The topological polar surface area (TPSA) is 23.5 Å². The number of aryl methyl sites for hydroxylation is 1. The summed E-state index contributed by atoms with van der Waals surface area (Å²) in [6.07, 6.45) is 2.14. The molecule has 2 atom stereocenters. The minimum atomic E-state index is 0.304. The summed E-state index contributed by atoms with van der Waals surface area (Å²) in [4.78, 5) is 2.51. The minimum Gasteiger partial charge on any atom is -0.396 e. The van der Waals surface area contributed by atoms with E-state index in [1.54, 1.807) is 0 Å². The van der Waals surface area contributed by atoms with Crippen LogP contribution in [0.25, 0.3) is 0 Å². The predicted octanol–water partition coefficient (Wildman–Crippen LogP) is 2.56. The third-order valence-electron chi connectivity index (χ3n) is 3.94. The van der Waals surface area contributed by atoms with Crippen LogP contribution < -0.4 is 0 Å². The van der Waals surface area contributed by atoms with Crippen LogP contribution in [0.4, 0.5) is 0 Å². The van der Waals surface area contributed by atoms with Gasteiger partial charge in [0.25, 0.3) is 0 Å². The van der Waals surface area contributed by atoms with E-state index in [4.69, 9.17) is 5.11 Å². The van der Waals surface area contributed by atoms with E-state index in [0.717, 1.165) is 19.5 Å². The molecule has 0 radical (unpaired) electrons. The molecule has 0 spiro atoms. The van der Waals surface area contributed by atoms with Crippen molar-refractivity contribution in [2.45, 2.75) is 38.6 Å². The Bertz CT molecular complexity index is 364. The maximum Gasteiger partial charge on any atom is 0.0443 e. The highest BCUT2D eigenvalue weighted by Gasteiger charge is 2.29. The molecule has 1 aliphatic heterocycles. The molecule has 2 heteroatoms. The number of aliphatic hydroxyl groups excluding tert-OH is 1. The first kappa shape index (κ1) is 12.6. The molecule has 1 N–H and O–H groups in total. The Labute approximate surface area is 104 Å². The zero-order valence-electron chi connectivity index (χ0n) is 10.9. The maximum absolute atomic E-state index is 8.91. The predicted molar refractivity (Wildman–Crippen MR) is 71.3 cm³/mol. The van der Waals surface area contributed by atoms with E-state index >= 15 is 0 Å². The van der Waals surface area contributed by atoms with Gasteiger partial charge in [-0.05, 0) is 43.7 Å². The van der Waals surface area contributed by atoms with Crippen molar-refractivity contribution in [2.75, 3.05) is 19.7 Å². The van der Waals surface area contributed by atoms with Crippen molar-refractivity contribution in [3.05, 3.63) is 35.4 Å². The summed E-state index contributed by atoms with van der Waals surface area (Å²) in [6.45, 7) is 6.98. The van der Waals surface area contributed by atoms with Crippen LogP contribution in [0.3, 0.4) is 0 Å². The quantitative estimate of drug-likeness (QED) is 0.864. The molecule has 1 aromatic rings. The Morgan fingerprint density at radius 1 is 1.35 bits per heavy atom. The monoisotopic (exact) mass is 233 g/mol. The van der Waals surface area contributed by atoms with Gasteiger partial charge in [0.15, 0.2) is 0 Å². The Balaban J connectivity index is 2.03. The number of aliphatic hydroxyl groups is 1. The van der Waals surface area contributed by atoms with Gasteiger partial charge in [-0.25, -0.2) is 0 Å². The number of rotatable bonds is 4. The summed E-state index contributed by atoms with van der Waals surface area (Å²) in [5.41, 5.74) is 2.92. The lowest BCUT2D eigenvalue weighted by molar-refractivity contribution is 0.219. The zero-order chi connectivity index (χ0) is 12.3. The van der Waals surface area contributed by atoms with Crippen LogP contribution in [0.1, 0.15) is 36.8 Å². The normalized spacial score (nSPS) is 25.4. The molecule has 2 rings (SSSR count). The molecule has 1 aromatic carbocycles. The zero-order valence-corrected chi connectivity index (χ0v) is 10.9. The summed E-state index contributed by atoms with van der Waals surface area (Å²) >= 11 is 0. The summed E-state index contributed by atoms with van der Waals surface area (Å²) in [7, 11) is 0. The Kier molecular flexibility index (Phi) is 4.19. The van der Waals surface area contributed by atoms with Crippen LogP contribution in [0.15, 0.2) is 24.3 Å². The van der Waals surface area contributed by atoms with Crippen LogP contribution in [-0.4, -0.2) is 35.7 Å². The molecule has 0 saturated carbocycles. The standard InChI is InChI=1S/C15H23NO/c1-12-6-3-4-7-15(12)14-10-13(2)16(11-14)8-5-9-17/h3-4,6-7,13-14,17H,5,8-11H2,1-2H3/t13-,14+/m1/s1. The van der Waals surface area contributed by atoms with Crippen LogP contribution in [0.2, 0.25) is 0 Å². The van der Waals surface area contributed by atoms with Gasteiger partial charge in [0.05, 0.1) is 0 Å². The van der Waals surface area contributed by atoms with Gasteiger partial charge in [-0.2, -0.15) is 0 Å². The summed E-state index contributed by atoms with van der Waals surface area (Å²) in [6, 6.07) is 9.37. The first-order valence-electron chi connectivity index (χ1n) is 6.63. The van der Waals surface area contributed by atoms with Gasteiger partial charge in [-0.15, -0.1) is 0 Å². The molecule has 0 amide bonds. The minimum absolute atomic E-state index is 0.304. The average Bonchev–Trinajstić information content (AvgIpc) is 2.68. The van der Waals surface area contributed by atoms with Crippen LogP contribution in [0.5, 0.6) is 0 Å². The molecular formula is C15H23NO. The van der Waals surface area contributed by atoms with Crippen LogP contribution in [0, 0.1) is 6.92 Å². The first-order chi connectivity index (χ1) is 8.22. The summed E-state index contributed by atoms with van der Waals surface area (Å²) in [5, 5.41) is 8.91. The molecule has 0 aromatic heterocycles. The fourth-order valence-electron chi connectivity index (χ4n) is 2.95. The van der Waals surface area contributed by atoms with Crippen molar-refractivity contribution < 1.29 is 5.11 Å². The second-order valence-corrected chi connectivity index (χ2v) is 5.21. The Morgan fingerprint density at radius 3 is 2.82 bits per heavy atom. The lowest BCUT2D eigenvalue weighted by Gasteiger charge is -2.20. The van der Waals surface area contributed by atoms with E-state index in [-0.39, 0.29) is 0 Å². The van der Waals surface area contributed by atoms with Gasteiger partial charge >= 0.3 is 0 Å². The van der Waals surface area contributed by atoms with Gasteiger partial charge < -0.3 is 5.11 Å². The largest absolute Gasteiger partial charge is 0.396 e. The molecule has 2 nitrogen and oxygen atoms in total. The molecule has 1 aliphatic rings. The second kappa shape index (κ2) is 5.65. The lowest BCUT2D eigenvalue weighted by atomic mass is 9.93. The van der Waals surface area contributed by atoms with E-state index in [9.17, 15) is 0 Å². The van der Waals surface area contributed by atoms with E-state index in [2.05, 4.69) is 43.0 Å². The van der Waals surface area contributed by atoms with Gasteiger partial charge in [-0.1, -0.05) is 24.3 Å². The molecule has 1 saturated heterocycles. The Morgan fingerprint density at radius 2 is 2.12 bits per heavy atom. The number of likely N-dealkylation sites (tertiary alicyclic amines) is 1. The van der Waals surface area contributed by atoms with Crippen molar-refractivity contribution >= 4 is 0 Å². The van der Waals surface area contributed by atoms with E-state index in [0.29, 0.717) is 18.6 Å². The molecule has 0 bridgehead atoms. The molecule has 0 unspecified atom stereocenters. The van der Waals surface area contributed by atoms with Gasteiger partial charge in [0.1, 0.15) is 0 Å². The van der Waals surface area contributed by atoms with Crippen molar-refractivity contribution in [2.24, 2.45) is 0 Å². The number of benzene rings is 1. The summed E-state index contributed by atoms with van der Waals surface area (Å²) < 4.78 is 0. The van der Waals surface area contributed by atoms with E-state index < -0.39 is 0 Å². The van der Waals surface area contributed by atoms with Crippen LogP contribution >= 0.6 is 0 Å². The molecule has 94 valence electrons. The fraction of sp³-hybridized carbons (Fsp3) is 0.600. The maximum atomic E-state index is 8.91. The molecule has 17 heavy (non-hydrogen) atoms. The second-order valence-electron chi connectivity index (χ2n) is 5.21. The van der Waals surface area contributed by atoms with E-state index in [1.165, 1.54) is 17.5 Å². The number of hydrogen-bond acceptors (Lipinski definition) is 2. The highest BCUT2D eigenvalue weighted by molar-refractivity contribution is 5.30. The average molecular weight is 233 g/mol. The fourth-order valence-corrected chi connectivity index (χ4v) is 2.95. The van der Waals surface area contributed by atoms with Crippen molar-refractivity contribution in [3.63, 3.8) is 0 Å². The van der Waals surface area contributed by atoms with Gasteiger partial charge in [0.2, 0.25) is 0 Å². The molecule has 1 fully saturated rings. The van der Waals surface area contributed by atoms with Gasteiger partial charge in [0, 0.05) is 25.7 Å². The highest BCUT2D eigenvalue weighted by atomic mass is 16.3. The SMILES string of the molecule is Cc1ccccc1[C@H]1C[C@@H](C)N(CCCO)C1. The van der Waals surface area contributed by atoms with Crippen LogP contribution in [-0.2, 0) is 0 Å². The van der Waals surface area contributed by atoms with Crippen molar-refractivity contribution in [1.29, 1.82) is 0 Å². The van der Waals surface area contributed by atoms with Crippen molar-refractivity contribution in [1.82, 2.24) is 4.90 Å². The smallest absolute Gasteiger partial charge is 0.0443 e. The first-order valence-corrected chi connectivity index (χ1v) is 6.63. The van der Waals surface area contributed by atoms with Crippen molar-refractivity contribution in [3.8, 4) is 0 Å². The third kappa shape index (κ3) is 2.88.